The zero-order valence-corrected chi connectivity index (χ0v) is 9.34. The van der Waals surface area contributed by atoms with Crippen molar-refractivity contribution in [1.82, 2.24) is 15.2 Å². The zero-order valence-electron chi connectivity index (χ0n) is 9.34. The molecule has 0 radical (unpaired) electrons. The minimum atomic E-state index is -0.864. The van der Waals surface area contributed by atoms with Crippen molar-refractivity contribution in [3.63, 3.8) is 0 Å². The number of rotatable bonds is 3. The van der Waals surface area contributed by atoms with Gasteiger partial charge in [0.05, 0.1) is 18.7 Å². The summed E-state index contributed by atoms with van der Waals surface area (Å²) < 4.78 is 5.19. The molecular weight excluding hydrogens is 226 g/mol. The maximum absolute atomic E-state index is 11.5. The Hall–Kier alpha value is -2.05. The van der Waals surface area contributed by atoms with Crippen molar-refractivity contribution in [1.29, 1.82) is 0 Å². The van der Waals surface area contributed by atoms with Crippen molar-refractivity contribution >= 4 is 12.0 Å². The maximum atomic E-state index is 11.5. The van der Waals surface area contributed by atoms with E-state index in [1.54, 1.807) is 13.1 Å². The third kappa shape index (κ3) is 2.55. The molecule has 0 unspecified atom stereocenters. The highest BCUT2D eigenvalue weighted by molar-refractivity contribution is 5.79. The Morgan fingerprint density at radius 2 is 2.35 bits per heavy atom. The highest BCUT2D eigenvalue weighted by Crippen LogP contribution is 2.15. The number of aliphatic carboxylic acids is 1. The number of carboxylic acids is 1. The number of nitrogens with one attached hydrogen (secondary N) is 1. The summed E-state index contributed by atoms with van der Waals surface area (Å²) in [5.74, 6) is -0.183. The largest absolute Gasteiger partial charge is 0.481 e. The predicted octanol–water partition coefficient (Wildman–Crippen LogP) is 0.209. The number of urea groups is 1. The molecule has 0 bridgehead atoms. The molecule has 0 aromatic carbocycles. The number of nitrogens with zero attached hydrogens (tertiary/aromatic N) is 2. The quantitative estimate of drug-likeness (QED) is 0.786. The van der Waals surface area contributed by atoms with Crippen LogP contribution in [0.4, 0.5) is 4.79 Å². The SMILES string of the molecule is Cc1cnc(CNC(=O)N2CC(C(=O)O)C2)o1. The molecule has 1 aliphatic rings. The van der Waals surface area contributed by atoms with Gasteiger partial charge in [-0.25, -0.2) is 9.78 Å². The van der Waals surface area contributed by atoms with Gasteiger partial charge in [0.15, 0.2) is 0 Å². The van der Waals surface area contributed by atoms with Crippen molar-refractivity contribution in [2.24, 2.45) is 5.92 Å². The molecule has 0 atom stereocenters. The first-order chi connectivity index (χ1) is 8.06. The number of likely N-dealkylation sites (tertiary alicyclic amines) is 1. The van der Waals surface area contributed by atoms with E-state index in [1.807, 2.05) is 0 Å². The van der Waals surface area contributed by atoms with Crippen molar-refractivity contribution in [3.05, 3.63) is 17.8 Å². The van der Waals surface area contributed by atoms with E-state index in [9.17, 15) is 9.59 Å². The van der Waals surface area contributed by atoms with Crippen molar-refractivity contribution in [2.45, 2.75) is 13.5 Å². The molecule has 92 valence electrons. The molecule has 2 N–H and O–H groups in total. The van der Waals surface area contributed by atoms with Crippen LogP contribution in [0.5, 0.6) is 0 Å². The molecule has 2 amide bonds. The van der Waals surface area contributed by atoms with Crippen LogP contribution in [0, 0.1) is 12.8 Å². The molecule has 2 heterocycles. The summed E-state index contributed by atoms with van der Waals surface area (Å²) in [6.07, 6.45) is 1.57. The zero-order chi connectivity index (χ0) is 12.4. The van der Waals surface area contributed by atoms with Crippen molar-refractivity contribution in [3.8, 4) is 0 Å². The minimum absolute atomic E-state index is 0.209. The van der Waals surface area contributed by atoms with Crippen molar-refractivity contribution < 1.29 is 19.1 Å². The summed E-state index contributed by atoms with van der Waals surface area (Å²) in [6, 6.07) is -0.293. The number of aryl methyl sites for hydroxylation is 1. The Kier molecular flexibility index (Phi) is 2.99. The normalized spacial score (nSPS) is 15.5. The van der Waals surface area contributed by atoms with E-state index in [2.05, 4.69) is 10.3 Å². The first-order valence-electron chi connectivity index (χ1n) is 5.23. The third-order valence-corrected chi connectivity index (χ3v) is 2.58. The van der Waals surface area contributed by atoms with Gasteiger partial charge < -0.3 is 19.7 Å². The minimum Gasteiger partial charge on any atom is -0.481 e. The van der Waals surface area contributed by atoms with Gasteiger partial charge in [-0.1, -0.05) is 0 Å². The Morgan fingerprint density at radius 1 is 1.65 bits per heavy atom. The Bertz CT molecular complexity index is 437. The van der Waals surface area contributed by atoms with Crippen LogP contribution in [0.3, 0.4) is 0 Å². The first kappa shape index (κ1) is 11.4. The van der Waals surface area contributed by atoms with Gasteiger partial charge in [-0.2, -0.15) is 0 Å². The molecule has 7 heteroatoms. The number of oxazole rings is 1. The predicted molar refractivity (Wildman–Crippen MR) is 56.2 cm³/mol. The molecule has 1 saturated heterocycles. The summed E-state index contributed by atoms with van der Waals surface area (Å²) in [4.78, 5) is 27.5. The fourth-order valence-electron chi connectivity index (χ4n) is 1.55. The number of hydrogen-bond donors (Lipinski definition) is 2. The average Bonchev–Trinajstić information content (AvgIpc) is 2.58. The lowest BCUT2D eigenvalue weighted by atomic mass is 10.0. The molecule has 1 aromatic heterocycles. The second-order valence-electron chi connectivity index (χ2n) is 3.96. The van der Waals surface area contributed by atoms with Crippen LogP contribution in [0.25, 0.3) is 0 Å². The number of carboxylic acid groups (broad SMARTS) is 1. The highest BCUT2D eigenvalue weighted by atomic mass is 16.4. The summed E-state index contributed by atoms with van der Waals surface area (Å²) in [5.41, 5.74) is 0. The smallest absolute Gasteiger partial charge is 0.317 e. The Balaban J connectivity index is 1.74. The van der Waals surface area contributed by atoms with E-state index in [-0.39, 0.29) is 25.7 Å². The van der Waals surface area contributed by atoms with Gasteiger partial charge in [-0.05, 0) is 6.92 Å². The Morgan fingerprint density at radius 3 is 2.88 bits per heavy atom. The molecule has 1 aromatic rings. The lowest BCUT2D eigenvalue weighted by molar-refractivity contribution is -0.146. The van der Waals surface area contributed by atoms with Crippen LogP contribution in [0.1, 0.15) is 11.7 Å². The number of amides is 2. The average molecular weight is 239 g/mol. The van der Waals surface area contributed by atoms with Crippen molar-refractivity contribution in [2.75, 3.05) is 13.1 Å². The lowest BCUT2D eigenvalue weighted by Crippen LogP contribution is -2.56. The molecule has 17 heavy (non-hydrogen) atoms. The van der Waals surface area contributed by atoms with Gasteiger partial charge in [0, 0.05) is 13.1 Å². The van der Waals surface area contributed by atoms with Gasteiger partial charge in [0.25, 0.3) is 0 Å². The molecular formula is C10H13N3O4. The van der Waals surface area contributed by atoms with Gasteiger partial charge >= 0.3 is 12.0 Å². The van der Waals surface area contributed by atoms with E-state index in [4.69, 9.17) is 9.52 Å². The summed E-state index contributed by atoms with van der Waals surface area (Å²) in [6.45, 7) is 2.49. The van der Waals surface area contributed by atoms with Gasteiger partial charge in [-0.3, -0.25) is 4.79 Å². The van der Waals surface area contributed by atoms with Crippen LogP contribution in [0.15, 0.2) is 10.6 Å². The molecule has 0 aliphatic carbocycles. The van der Waals surface area contributed by atoms with Crippen LogP contribution in [0.2, 0.25) is 0 Å². The standard InChI is InChI=1S/C10H13N3O4/c1-6-2-11-8(17-6)3-12-10(16)13-4-7(5-13)9(14)15/h2,7H,3-5H2,1H3,(H,12,16)(H,14,15). The number of hydrogen-bond acceptors (Lipinski definition) is 4. The summed E-state index contributed by atoms with van der Waals surface area (Å²) in [5, 5.41) is 11.3. The van der Waals surface area contributed by atoms with E-state index in [0.717, 1.165) is 0 Å². The van der Waals surface area contributed by atoms with Gasteiger partial charge in [-0.15, -0.1) is 0 Å². The van der Waals surface area contributed by atoms with E-state index >= 15 is 0 Å². The fourth-order valence-corrected chi connectivity index (χ4v) is 1.55. The monoisotopic (exact) mass is 239 g/mol. The van der Waals surface area contributed by atoms with Crippen LogP contribution < -0.4 is 5.32 Å². The molecule has 7 nitrogen and oxygen atoms in total. The lowest BCUT2D eigenvalue weighted by Gasteiger charge is -2.36. The number of carbonyl (C=O) groups excluding carboxylic acids is 1. The van der Waals surface area contributed by atoms with E-state index in [0.29, 0.717) is 11.7 Å². The van der Waals surface area contributed by atoms with Gasteiger partial charge in [0.1, 0.15) is 5.76 Å². The van der Waals surface area contributed by atoms with Gasteiger partial charge in [0.2, 0.25) is 5.89 Å². The fraction of sp³-hybridized carbons (Fsp3) is 0.500. The van der Waals surface area contributed by atoms with E-state index < -0.39 is 11.9 Å². The van der Waals surface area contributed by atoms with Crippen LogP contribution in [-0.2, 0) is 11.3 Å². The molecule has 1 fully saturated rings. The Labute approximate surface area is 97.4 Å². The van der Waals surface area contributed by atoms with E-state index in [1.165, 1.54) is 4.90 Å². The topological polar surface area (TPSA) is 95.7 Å². The number of aromatic nitrogens is 1. The summed E-state index contributed by atoms with van der Waals surface area (Å²) >= 11 is 0. The molecule has 2 rings (SSSR count). The van der Waals surface area contributed by atoms with Crippen LogP contribution in [-0.4, -0.2) is 40.1 Å². The molecule has 0 spiro atoms. The molecule has 1 aliphatic heterocycles. The highest BCUT2D eigenvalue weighted by Gasteiger charge is 2.35. The third-order valence-electron chi connectivity index (χ3n) is 2.58. The second kappa shape index (κ2) is 4.44. The van der Waals surface area contributed by atoms with Crippen LogP contribution >= 0.6 is 0 Å². The maximum Gasteiger partial charge on any atom is 0.317 e. The second-order valence-corrected chi connectivity index (χ2v) is 3.96. The number of carbonyl (C=O) groups is 2. The first-order valence-corrected chi connectivity index (χ1v) is 5.23. The summed E-state index contributed by atoms with van der Waals surface area (Å²) in [7, 11) is 0. The molecule has 0 saturated carbocycles.